The van der Waals surface area contributed by atoms with Crippen molar-refractivity contribution in [3.63, 3.8) is 0 Å². The molecule has 216 valence electrons. The van der Waals surface area contributed by atoms with E-state index in [2.05, 4.69) is 152 Å². The average Bonchev–Trinajstić information content (AvgIpc) is 3.75. The van der Waals surface area contributed by atoms with E-state index < -0.39 is 0 Å². The molecule has 0 spiro atoms. The van der Waals surface area contributed by atoms with E-state index in [-0.39, 0.29) is 5.41 Å². The fraction of sp³-hybridized carbons (Fsp3) is 0.237. The quantitative estimate of drug-likeness (QED) is 0.186. The van der Waals surface area contributed by atoms with Crippen molar-refractivity contribution in [2.75, 3.05) is 0 Å². The summed E-state index contributed by atoms with van der Waals surface area (Å²) in [6.45, 7) is 13.4. The van der Waals surface area contributed by atoms with Crippen LogP contribution in [-0.2, 0) is 0 Å². The van der Waals surface area contributed by atoms with Crippen LogP contribution in [-0.4, -0.2) is 15.7 Å². The van der Waals surface area contributed by atoms with Gasteiger partial charge in [0.05, 0.1) is 15.0 Å². The molecule has 3 aliphatic rings. The second-order valence-electron chi connectivity index (χ2n) is 12.9. The molecule has 8 bridgehead atoms. The number of aryl methyl sites for hydroxylation is 4. The first kappa shape index (κ1) is 28.0. The maximum absolute atomic E-state index is 5.21. The van der Waals surface area contributed by atoms with E-state index in [0.717, 1.165) is 52.0 Å². The Morgan fingerprint density at radius 1 is 0.791 bits per heavy atom. The SMILES string of the molecule is Cc1ccc(C2=c3ccc([nH]3)=CC3=NC(=C(I)c4ccc([nH]4)C(c4c(C)cc(C)cc4C)=C4CC=C2N4)CC3(C)C)cc1. The van der Waals surface area contributed by atoms with Gasteiger partial charge in [-0.25, -0.2) is 0 Å². The van der Waals surface area contributed by atoms with Crippen molar-refractivity contribution in [1.29, 1.82) is 0 Å². The zero-order valence-corrected chi connectivity index (χ0v) is 27.8. The Labute approximate surface area is 267 Å². The topological polar surface area (TPSA) is 56.0 Å². The maximum atomic E-state index is 5.21. The number of aromatic nitrogens is 2. The molecule has 2 aromatic carbocycles. The summed E-state index contributed by atoms with van der Waals surface area (Å²) in [6, 6.07) is 22.3. The highest BCUT2D eigenvalue weighted by Gasteiger charge is 2.33. The van der Waals surface area contributed by atoms with Gasteiger partial charge in [0.2, 0.25) is 0 Å². The normalized spacial score (nSPS) is 17.6. The van der Waals surface area contributed by atoms with Crippen molar-refractivity contribution < 1.29 is 0 Å². The smallest absolute Gasteiger partial charge is 0.0580 e. The largest absolute Gasteiger partial charge is 0.358 e. The number of H-pyrrole nitrogens is 2. The summed E-state index contributed by atoms with van der Waals surface area (Å²) in [6.07, 6.45) is 6.29. The van der Waals surface area contributed by atoms with Crippen molar-refractivity contribution in [2.24, 2.45) is 10.4 Å². The van der Waals surface area contributed by atoms with Gasteiger partial charge in [-0.3, -0.25) is 4.99 Å². The Kier molecular flexibility index (Phi) is 6.77. The molecule has 0 atom stereocenters. The number of nitrogens with one attached hydrogen (secondary N) is 3. The first-order valence-electron chi connectivity index (χ1n) is 15.0. The number of hydrogen-bond donors (Lipinski definition) is 3. The van der Waals surface area contributed by atoms with Gasteiger partial charge in [0.15, 0.2) is 0 Å². The van der Waals surface area contributed by atoms with Crippen LogP contribution in [0.3, 0.4) is 0 Å². The molecule has 0 saturated carbocycles. The summed E-state index contributed by atoms with van der Waals surface area (Å²) in [7, 11) is 0. The van der Waals surface area contributed by atoms with Crippen molar-refractivity contribution in [3.8, 4) is 0 Å². The Balaban J connectivity index is 1.54. The van der Waals surface area contributed by atoms with Crippen molar-refractivity contribution in [3.05, 3.63) is 139 Å². The minimum Gasteiger partial charge on any atom is -0.358 e. The van der Waals surface area contributed by atoms with Crippen LogP contribution < -0.4 is 16.0 Å². The molecule has 4 nitrogen and oxygen atoms in total. The van der Waals surface area contributed by atoms with Crippen molar-refractivity contribution >= 4 is 49.1 Å². The number of hydrogen-bond acceptors (Lipinski definition) is 2. The lowest BCUT2D eigenvalue weighted by Gasteiger charge is -2.19. The van der Waals surface area contributed by atoms with E-state index in [1.165, 1.54) is 53.8 Å². The van der Waals surface area contributed by atoms with Crippen molar-refractivity contribution in [1.82, 2.24) is 15.3 Å². The lowest BCUT2D eigenvalue weighted by Crippen LogP contribution is -2.22. The minimum atomic E-state index is -0.0592. The highest BCUT2D eigenvalue weighted by atomic mass is 127. The van der Waals surface area contributed by atoms with Gasteiger partial charge in [-0.1, -0.05) is 67.4 Å². The molecule has 5 heteroatoms. The molecule has 3 N–H and O–H groups in total. The average molecular weight is 677 g/mol. The third-order valence-electron chi connectivity index (χ3n) is 8.91. The second kappa shape index (κ2) is 10.4. The van der Waals surface area contributed by atoms with Gasteiger partial charge >= 0.3 is 0 Å². The zero-order chi connectivity index (χ0) is 30.0. The fourth-order valence-corrected chi connectivity index (χ4v) is 7.44. The fourth-order valence-electron chi connectivity index (χ4n) is 6.81. The van der Waals surface area contributed by atoms with Gasteiger partial charge < -0.3 is 15.3 Å². The molecule has 0 saturated heterocycles. The van der Waals surface area contributed by atoms with Crippen LogP contribution in [0.1, 0.15) is 71.5 Å². The summed E-state index contributed by atoms with van der Waals surface area (Å²) in [4.78, 5) is 12.8. The molecule has 43 heavy (non-hydrogen) atoms. The van der Waals surface area contributed by atoms with Crippen LogP contribution in [0, 0.1) is 33.1 Å². The van der Waals surface area contributed by atoms with Crippen LogP contribution in [0.5, 0.6) is 0 Å². The predicted molar refractivity (Wildman–Crippen MR) is 188 cm³/mol. The molecule has 7 rings (SSSR count). The molecule has 0 radical (unpaired) electrons. The van der Waals surface area contributed by atoms with Gasteiger partial charge in [-0.15, -0.1) is 0 Å². The number of benzene rings is 2. The second-order valence-corrected chi connectivity index (χ2v) is 14.0. The van der Waals surface area contributed by atoms with Crippen LogP contribution in [0.25, 0.3) is 20.8 Å². The Bertz CT molecular complexity index is 2030. The minimum absolute atomic E-state index is 0.0592. The first-order chi connectivity index (χ1) is 20.6. The van der Waals surface area contributed by atoms with E-state index in [1.807, 2.05) is 0 Å². The number of aromatic amines is 2. The summed E-state index contributed by atoms with van der Waals surface area (Å²) in [5.74, 6) is 0. The van der Waals surface area contributed by atoms with E-state index in [9.17, 15) is 0 Å². The summed E-state index contributed by atoms with van der Waals surface area (Å²) in [5, 5.41) is 6.08. The van der Waals surface area contributed by atoms with Crippen LogP contribution in [0.2, 0.25) is 0 Å². The highest BCUT2D eigenvalue weighted by Crippen LogP contribution is 2.42. The third kappa shape index (κ3) is 4.97. The molecule has 5 heterocycles. The number of halogens is 1. The molecular formula is C38H37IN4. The van der Waals surface area contributed by atoms with Crippen LogP contribution in [0.15, 0.2) is 88.8 Å². The van der Waals surface area contributed by atoms with Gasteiger partial charge in [0, 0.05) is 62.9 Å². The number of allylic oxidation sites excluding steroid dienone is 3. The number of fused-ring (bicyclic) bond motifs is 7. The van der Waals surface area contributed by atoms with Crippen molar-refractivity contribution in [2.45, 2.75) is 54.4 Å². The standard InChI is InChI=1S/C38H37IN4/c1-21-7-9-25(10-8-21)35-27-12-11-26(40-27)19-33-38(5,6)20-32(43-33)37(39)31-16-15-30(42-31)36(29-14-13-28(35)41-29)34-23(3)17-22(2)18-24(34)4/h7-13,15-19,40-42H,14,20H2,1-6H3. The van der Waals surface area contributed by atoms with E-state index in [4.69, 9.17) is 4.99 Å². The van der Waals surface area contributed by atoms with Gasteiger partial charge in [0.1, 0.15) is 0 Å². The lowest BCUT2D eigenvalue weighted by atomic mass is 9.85. The predicted octanol–water partition coefficient (Wildman–Crippen LogP) is 7.88. The van der Waals surface area contributed by atoms with Gasteiger partial charge in [0.25, 0.3) is 0 Å². The monoisotopic (exact) mass is 676 g/mol. The molecule has 3 aliphatic heterocycles. The number of nitrogens with zero attached hydrogens (tertiary/aromatic N) is 1. The summed E-state index contributed by atoms with van der Waals surface area (Å²) in [5.41, 5.74) is 16.7. The molecule has 0 unspecified atom stereocenters. The zero-order valence-electron chi connectivity index (χ0n) is 25.7. The first-order valence-corrected chi connectivity index (χ1v) is 16.1. The van der Waals surface area contributed by atoms with Crippen LogP contribution >= 0.6 is 22.6 Å². The van der Waals surface area contributed by atoms with E-state index in [0.29, 0.717) is 0 Å². The van der Waals surface area contributed by atoms with E-state index in [1.54, 1.807) is 0 Å². The number of rotatable bonds is 2. The molecule has 0 aliphatic carbocycles. The van der Waals surface area contributed by atoms with Crippen LogP contribution in [0.4, 0.5) is 0 Å². The number of aliphatic imine (C=N–C) groups is 1. The Morgan fingerprint density at radius 2 is 1.51 bits per heavy atom. The third-order valence-corrected chi connectivity index (χ3v) is 10.1. The molecule has 4 aromatic rings. The Hall–Kier alpha value is -3.84. The molecule has 0 fully saturated rings. The van der Waals surface area contributed by atoms with E-state index >= 15 is 0 Å². The molecule has 0 amide bonds. The van der Waals surface area contributed by atoms with Gasteiger partial charge in [-0.05, 0) is 103 Å². The summed E-state index contributed by atoms with van der Waals surface area (Å²) >= 11 is 2.48. The highest BCUT2D eigenvalue weighted by molar-refractivity contribution is 14.1. The molecular weight excluding hydrogens is 639 g/mol. The lowest BCUT2D eigenvalue weighted by molar-refractivity contribution is 0.547. The Morgan fingerprint density at radius 3 is 2.26 bits per heavy atom. The summed E-state index contributed by atoms with van der Waals surface area (Å²) < 4.78 is 1.18. The maximum Gasteiger partial charge on any atom is 0.0580 e. The van der Waals surface area contributed by atoms with Gasteiger partial charge in [-0.2, -0.15) is 0 Å². The molecule has 2 aromatic heterocycles.